The van der Waals surface area contributed by atoms with Gasteiger partial charge in [0, 0.05) is 5.38 Å². The van der Waals surface area contributed by atoms with Gasteiger partial charge in [0.1, 0.15) is 17.4 Å². The smallest absolute Gasteiger partial charge is 0.287 e. The zero-order chi connectivity index (χ0) is 14.0. The normalized spacial score (nSPS) is 11.8. The molecule has 2 aromatic rings. The van der Waals surface area contributed by atoms with E-state index in [0.717, 1.165) is 16.5 Å². The van der Waals surface area contributed by atoms with Crippen molar-refractivity contribution in [3.63, 3.8) is 0 Å². The van der Waals surface area contributed by atoms with Crippen LogP contribution in [0.25, 0.3) is 11.3 Å². The number of halogens is 2. The fraction of sp³-hybridized carbons (Fsp3) is 0.400. The highest BCUT2D eigenvalue weighted by Crippen LogP contribution is 2.37. The Morgan fingerprint density at radius 1 is 1.53 bits per heavy atom. The van der Waals surface area contributed by atoms with Gasteiger partial charge in [-0.05, 0) is 18.5 Å². The van der Waals surface area contributed by atoms with Crippen molar-refractivity contribution in [2.45, 2.75) is 12.8 Å². The molecule has 5 nitrogen and oxygen atoms in total. The first kappa shape index (κ1) is 14.1. The van der Waals surface area contributed by atoms with E-state index in [1.165, 1.54) is 11.3 Å². The first-order chi connectivity index (χ1) is 8.93. The van der Waals surface area contributed by atoms with Crippen molar-refractivity contribution >= 4 is 33.7 Å². The van der Waals surface area contributed by atoms with Crippen LogP contribution in [-0.2, 0) is 0 Å². The standard InChI is InChI=1S/C10H12F2N4OS2/c1-5-15-6(2-18-5)7-8(13)16-19-9(7)14-3-10(11,12)4-17/h2,14,17H,3-4H2,1H3,(H2,13,16). The number of alkyl halides is 2. The lowest BCUT2D eigenvalue weighted by atomic mass is 10.2. The Labute approximate surface area is 116 Å². The maximum Gasteiger partial charge on any atom is 0.287 e. The highest BCUT2D eigenvalue weighted by molar-refractivity contribution is 7.11. The molecule has 0 fully saturated rings. The van der Waals surface area contributed by atoms with E-state index in [4.69, 9.17) is 10.8 Å². The van der Waals surface area contributed by atoms with Crippen LogP contribution in [0.1, 0.15) is 5.01 Å². The lowest BCUT2D eigenvalue weighted by molar-refractivity contribution is -0.0372. The van der Waals surface area contributed by atoms with E-state index in [2.05, 4.69) is 14.7 Å². The Balaban J connectivity index is 2.23. The second-order valence-corrected chi connectivity index (χ2v) is 5.73. The van der Waals surface area contributed by atoms with Gasteiger partial charge in [-0.15, -0.1) is 11.3 Å². The second-order valence-electron chi connectivity index (χ2n) is 3.89. The summed E-state index contributed by atoms with van der Waals surface area (Å²) < 4.78 is 30.0. The number of aliphatic hydroxyl groups is 1. The third-order valence-corrected chi connectivity index (χ3v) is 3.93. The third kappa shape index (κ3) is 3.17. The van der Waals surface area contributed by atoms with Gasteiger partial charge in [-0.1, -0.05) is 0 Å². The highest BCUT2D eigenvalue weighted by Gasteiger charge is 2.28. The number of aryl methyl sites for hydroxylation is 1. The Hall–Kier alpha value is -1.32. The number of nitrogens with one attached hydrogen (secondary N) is 1. The topological polar surface area (TPSA) is 84.1 Å². The molecule has 0 aliphatic heterocycles. The summed E-state index contributed by atoms with van der Waals surface area (Å²) in [5.74, 6) is -2.93. The van der Waals surface area contributed by atoms with Gasteiger partial charge in [-0.3, -0.25) is 0 Å². The molecule has 0 aromatic carbocycles. The zero-order valence-corrected chi connectivity index (χ0v) is 11.6. The minimum atomic E-state index is -3.19. The number of rotatable bonds is 5. The summed E-state index contributed by atoms with van der Waals surface area (Å²) in [6, 6.07) is 0. The van der Waals surface area contributed by atoms with Crippen molar-refractivity contribution in [3.05, 3.63) is 10.4 Å². The minimum absolute atomic E-state index is 0.255. The summed E-state index contributed by atoms with van der Waals surface area (Å²) in [6.45, 7) is -0.0438. The summed E-state index contributed by atoms with van der Waals surface area (Å²) in [7, 11) is 0. The van der Waals surface area contributed by atoms with Crippen molar-refractivity contribution < 1.29 is 13.9 Å². The number of nitrogens with zero attached hydrogens (tertiary/aromatic N) is 2. The summed E-state index contributed by atoms with van der Waals surface area (Å²) in [4.78, 5) is 4.27. The Morgan fingerprint density at radius 3 is 2.84 bits per heavy atom. The average molecular weight is 306 g/mol. The van der Waals surface area contributed by atoms with Gasteiger partial charge in [-0.2, -0.15) is 4.37 Å². The van der Waals surface area contributed by atoms with Gasteiger partial charge >= 0.3 is 0 Å². The van der Waals surface area contributed by atoms with Crippen molar-refractivity contribution in [3.8, 4) is 11.3 Å². The zero-order valence-electron chi connectivity index (χ0n) is 9.98. The molecule has 0 radical (unpaired) electrons. The van der Waals surface area contributed by atoms with Gasteiger partial charge < -0.3 is 16.2 Å². The molecule has 4 N–H and O–H groups in total. The molecule has 2 aromatic heterocycles. The fourth-order valence-electron chi connectivity index (χ4n) is 1.41. The number of nitrogen functional groups attached to an aromatic ring is 1. The van der Waals surface area contributed by atoms with Gasteiger partial charge in [0.05, 0.1) is 22.8 Å². The van der Waals surface area contributed by atoms with E-state index in [-0.39, 0.29) is 5.82 Å². The third-order valence-electron chi connectivity index (χ3n) is 2.33. The molecular weight excluding hydrogens is 294 g/mol. The van der Waals surface area contributed by atoms with Gasteiger partial charge in [0.2, 0.25) is 0 Å². The van der Waals surface area contributed by atoms with Crippen LogP contribution in [0.15, 0.2) is 5.38 Å². The number of hydrogen-bond acceptors (Lipinski definition) is 7. The van der Waals surface area contributed by atoms with E-state index in [0.29, 0.717) is 16.3 Å². The molecule has 0 amide bonds. The quantitative estimate of drug-likeness (QED) is 0.788. The van der Waals surface area contributed by atoms with E-state index >= 15 is 0 Å². The maximum atomic E-state index is 13.0. The fourth-order valence-corrected chi connectivity index (χ4v) is 2.74. The van der Waals surface area contributed by atoms with Crippen LogP contribution in [0.2, 0.25) is 0 Å². The van der Waals surface area contributed by atoms with Crippen molar-refractivity contribution in [2.24, 2.45) is 0 Å². The number of hydrogen-bond donors (Lipinski definition) is 3. The van der Waals surface area contributed by atoms with Crippen LogP contribution in [0.5, 0.6) is 0 Å². The Kier molecular flexibility index (Phi) is 3.97. The molecule has 2 heterocycles. The van der Waals surface area contributed by atoms with E-state index in [9.17, 15) is 8.78 Å². The van der Waals surface area contributed by atoms with Crippen molar-refractivity contribution in [2.75, 3.05) is 24.2 Å². The van der Waals surface area contributed by atoms with Crippen molar-refractivity contribution in [1.82, 2.24) is 9.36 Å². The molecule has 0 bridgehead atoms. The van der Waals surface area contributed by atoms with Gasteiger partial charge in [0.25, 0.3) is 5.92 Å². The first-order valence-electron chi connectivity index (χ1n) is 5.33. The van der Waals surface area contributed by atoms with Gasteiger partial charge in [-0.25, -0.2) is 13.8 Å². The monoisotopic (exact) mass is 306 g/mol. The largest absolute Gasteiger partial charge is 0.390 e. The summed E-state index contributed by atoms with van der Waals surface area (Å²) >= 11 is 2.44. The van der Waals surface area contributed by atoms with E-state index in [1.54, 1.807) is 5.38 Å². The minimum Gasteiger partial charge on any atom is -0.390 e. The summed E-state index contributed by atoms with van der Waals surface area (Å²) in [6.07, 6.45) is 0. The number of aliphatic hydroxyl groups excluding tert-OH is 1. The molecule has 0 saturated heterocycles. The molecule has 2 rings (SSSR count). The molecular formula is C10H12F2N4OS2. The van der Waals surface area contributed by atoms with Crippen LogP contribution < -0.4 is 11.1 Å². The van der Waals surface area contributed by atoms with Crippen LogP contribution in [-0.4, -0.2) is 33.5 Å². The number of thiazole rings is 1. The molecule has 19 heavy (non-hydrogen) atoms. The van der Waals surface area contributed by atoms with Crippen molar-refractivity contribution in [1.29, 1.82) is 0 Å². The van der Waals surface area contributed by atoms with E-state index < -0.39 is 19.1 Å². The number of aromatic nitrogens is 2. The predicted octanol–water partition coefficient (Wildman–Crippen LogP) is 2.20. The SMILES string of the molecule is Cc1nc(-c2c(N)nsc2NCC(F)(F)CO)cs1. The number of nitrogens with two attached hydrogens (primary N) is 1. The molecule has 0 spiro atoms. The predicted molar refractivity (Wildman–Crippen MR) is 72.9 cm³/mol. The lowest BCUT2D eigenvalue weighted by Crippen LogP contribution is -2.30. The summed E-state index contributed by atoms with van der Waals surface area (Å²) in [5.41, 5.74) is 6.89. The van der Waals surface area contributed by atoms with Crippen LogP contribution in [0.4, 0.5) is 19.6 Å². The van der Waals surface area contributed by atoms with Crippen LogP contribution in [0.3, 0.4) is 0 Å². The Bertz CT molecular complexity index is 570. The maximum absolute atomic E-state index is 13.0. The lowest BCUT2D eigenvalue weighted by Gasteiger charge is -2.14. The molecule has 9 heteroatoms. The molecule has 0 atom stereocenters. The van der Waals surface area contributed by atoms with Crippen LogP contribution >= 0.6 is 22.9 Å². The second kappa shape index (κ2) is 5.35. The first-order valence-corrected chi connectivity index (χ1v) is 6.98. The molecule has 0 saturated carbocycles. The molecule has 0 aliphatic rings. The molecule has 104 valence electrons. The summed E-state index contributed by atoms with van der Waals surface area (Å²) in [5, 5.41) is 14.2. The molecule has 0 unspecified atom stereocenters. The van der Waals surface area contributed by atoms with Gasteiger partial charge in [0.15, 0.2) is 0 Å². The highest BCUT2D eigenvalue weighted by atomic mass is 32.1. The molecule has 0 aliphatic carbocycles. The Morgan fingerprint density at radius 2 is 2.26 bits per heavy atom. The van der Waals surface area contributed by atoms with E-state index in [1.807, 2.05) is 6.92 Å². The van der Waals surface area contributed by atoms with Crippen LogP contribution in [0, 0.1) is 6.92 Å². The number of anilines is 2. The average Bonchev–Trinajstić information content (AvgIpc) is 2.93.